The highest BCUT2D eigenvalue weighted by Gasteiger charge is 2.11. The van der Waals surface area contributed by atoms with Crippen LogP contribution in [0, 0.1) is 5.92 Å². The van der Waals surface area contributed by atoms with Gasteiger partial charge < -0.3 is 9.47 Å². The fourth-order valence-electron chi connectivity index (χ4n) is 2.80. The fraction of sp³-hybridized carbons (Fsp3) is 0.208. The Morgan fingerprint density at radius 2 is 1.70 bits per heavy atom. The molecule has 0 heterocycles. The molecule has 33 heavy (non-hydrogen) atoms. The van der Waals surface area contributed by atoms with Crippen molar-refractivity contribution in [3.63, 3.8) is 0 Å². The van der Waals surface area contributed by atoms with Crippen molar-refractivity contribution in [2.24, 2.45) is 5.92 Å². The normalized spacial score (nSPS) is 10.5. The minimum Gasteiger partial charge on any atom is -0.493 e. The van der Waals surface area contributed by atoms with Gasteiger partial charge in [-0.05, 0) is 75.2 Å². The number of hydrazine groups is 1. The molecule has 0 aliphatic rings. The summed E-state index contributed by atoms with van der Waals surface area (Å²) in [7, 11) is 0. The molecule has 9 heteroatoms. The van der Waals surface area contributed by atoms with Crippen LogP contribution in [0.4, 0.5) is 0 Å². The molecule has 0 spiro atoms. The highest BCUT2D eigenvalue weighted by atomic mass is 79.9. The number of carbonyl (C=O) groups is 2. The van der Waals surface area contributed by atoms with Gasteiger partial charge in [-0.2, -0.15) is 0 Å². The van der Waals surface area contributed by atoms with E-state index in [1.807, 2.05) is 30.3 Å². The minimum absolute atomic E-state index is 0.0413. The molecule has 0 saturated heterocycles. The van der Waals surface area contributed by atoms with E-state index in [1.54, 1.807) is 30.3 Å². The van der Waals surface area contributed by atoms with Crippen LogP contribution in [0.25, 0.3) is 10.8 Å². The summed E-state index contributed by atoms with van der Waals surface area (Å²) in [6, 6.07) is 18.3. The molecule has 3 aromatic rings. The Labute approximate surface area is 205 Å². The predicted octanol–water partition coefficient (Wildman–Crippen LogP) is 4.35. The van der Waals surface area contributed by atoms with E-state index in [4.69, 9.17) is 21.7 Å². The van der Waals surface area contributed by atoms with E-state index in [0.29, 0.717) is 29.6 Å². The molecule has 3 aromatic carbocycles. The lowest BCUT2D eigenvalue weighted by atomic mass is 10.1. The molecule has 0 aromatic heterocycles. The summed E-state index contributed by atoms with van der Waals surface area (Å²) in [6.07, 6.45) is 0. The Morgan fingerprint density at radius 1 is 0.970 bits per heavy atom. The van der Waals surface area contributed by atoms with Crippen LogP contribution >= 0.6 is 28.1 Å². The quantitative estimate of drug-likeness (QED) is 0.311. The number of benzene rings is 3. The first kappa shape index (κ1) is 24.5. The van der Waals surface area contributed by atoms with E-state index in [9.17, 15) is 9.59 Å². The van der Waals surface area contributed by atoms with Crippen LogP contribution < -0.4 is 25.6 Å². The number of carbonyl (C=O) groups excluding carboxylic acids is 2. The third-order valence-corrected chi connectivity index (χ3v) is 5.45. The highest BCUT2D eigenvalue weighted by molar-refractivity contribution is 9.10. The van der Waals surface area contributed by atoms with Crippen LogP contribution in [0.1, 0.15) is 24.2 Å². The van der Waals surface area contributed by atoms with Gasteiger partial charge in [-0.3, -0.25) is 25.8 Å². The maximum absolute atomic E-state index is 12.3. The van der Waals surface area contributed by atoms with E-state index >= 15 is 0 Å². The first-order valence-electron chi connectivity index (χ1n) is 10.3. The van der Waals surface area contributed by atoms with Gasteiger partial charge >= 0.3 is 0 Å². The number of hydrogen-bond acceptors (Lipinski definition) is 5. The molecule has 2 amide bonds. The number of fused-ring (bicyclic) bond motifs is 1. The van der Waals surface area contributed by atoms with Crippen LogP contribution in [-0.2, 0) is 4.79 Å². The molecule has 0 atom stereocenters. The molecule has 0 radical (unpaired) electrons. The third kappa shape index (κ3) is 7.16. The van der Waals surface area contributed by atoms with Crippen LogP contribution in [0.3, 0.4) is 0 Å². The van der Waals surface area contributed by atoms with Crippen LogP contribution in [-0.4, -0.2) is 30.1 Å². The Hall–Kier alpha value is -3.17. The lowest BCUT2D eigenvalue weighted by Gasteiger charge is -2.13. The molecular formula is C24H24BrN3O4S. The summed E-state index contributed by atoms with van der Waals surface area (Å²) < 4.78 is 12.0. The molecule has 0 saturated carbocycles. The Kier molecular flexibility index (Phi) is 8.62. The molecule has 0 aliphatic heterocycles. The van der Waals surface area contributed by atoms with E-state index in [1.165, 1.54) is 0 Å². The monoisotopic (exact) mass is 529 g/mol. The largest absolute Gasteiger partial charge is 0.493 e. The molecule has 3 rings (SSSR count). The first-order valence-corrected chi connectivity index (χ1v) is 11.5. The van der Waals surface area contributed by atoms with Crippen molar-refractivity contribution in [1.29, 1.82) is 0 Å². The van der Waals surface area contributed by atoms with Crippen LogP contribution in [0.5, 0.6) is 11.5 Å². The zero-order valence-electron chi connectivity index (χ0n) is 18.2. The maximum Gasteiger partial charge on any atom is 0.276 e. The average molecular weight is 530 g/mol. The van der Waals surface area contributed by atoms with E-state index < -0.39 is 11.8 Å². The number of hydrogen-bond donors (Lipinski definition) is 3. The summed E-state index contributed by atoms with van der Waals surface area (Å²) in [4.78, 5) is 24.4. The first-order chi connectivity index (χ1) is 15.8. The number of rotatable bonds is 7. The van der Waals surface area contributed by atoms with Gasteiger partial charge in [-0.1, -0.05) is 44.2 Å². The van der Waals surface area contributed by atoms with Gasteiger partial charge in [0, 0.05) is 5.56 Å². The Morgan fingerprint density at radius 3 is 2.42 bits per heavy atom. The molecule has 7 nitrogen and oxygen atoms in total. The van der Waals surface area contributed by atoms with Crippen molar-refractivity contribution in [2.45, 2.75) is 13.8 Å². The van der Waals surface area contributed by atoms with Gasteiger partial charge in [0.25, 0.3) is 11.8 Å². The second-order valence-corrected chi connectivity index (χ2v) is 8.77. The topological polar surface area (TPSA) is 88.7 Å². The molecule has 3 N–H and O–H groups in total. The lowest BCUT2D eigenvalue weighted by molar-refractivity contribution is -0.123. The molecule has 0 fully saturated rings. The van der Waals surface area contributed by atoms with E-state index in [0.717, 1.165) is 15.2 Å². The lowest BCUT2D eigenvalue weighted by Crippen LogP contribution is -2.49. The molecule has 0 unspecified atom stereocenters. The number of halogens is 1. The molecule has 172 valence electrons. The molecule has 0 bridgehead atoms. The Balaban J connectivity index is 1.43. The van der Waals surface area contributed by atoms with Crippen molar-refractivity contribution >= 4 is 55.8 Å². The summed E-state index contributed by atoms with van der Waals surface area (Å²) >= 11 is 8.58. The minimum atomic E-state index is -0.460. The smallest absolute Gasteiger partial charge is 0.276 e. The zero-order valence-corrected chi connectivity index (χ0v) is 20.6. The van der Waals surface area contributed by atoms with Crippen molar-refractivity contribution < 1.29 is 19.1 Å². The van der Waals surface area contributed by atoms with Crippen molar-refractivity contribution in [3.05, 3.63) is 70.7 Å². The van der Waals surface area contributed by atoms with Crippen LogP contribution in [0.2, 0.25) is 0 Å². The Bertz CT molecular complexity index is 1150. The summed E-state index contributed by atoms with van der Waals surface area (Å²) in [5, 5.41) is 4.50. The number of thiocarbonyl (C=S) groups is 1. The number of ether oxygens (including phenoxy) is 2. The van der Waals surface area contributed by atoms with Crippen molar-refractivity contribution in [2.75, 3.05) is 13.2 Å². The summed E-state index contributed by atoms with van der Waals surface area (Å²) in [6.45, 7) is 4.48. The van der Waals surface area contributed by atoms with Gasteiger partial charge in [0.15, 0.2) is 11.7 Å². The molecule has 0 aliphatic carbocycles. The van der Waals surface area contributed by atoms with Gasteiger partial charge in [-0.25, -0.2) is 0 Å². The highest BCUT2D eigenvalue weighted by Crippen LogP contribution is 2.32. The SMILES string of the molecule is CC(C)COc1ccc(C(=O)NC(=S)NNC(=O)COc2ccc3ccccc3c2Br)cc1. The predicted molar refractivity (Wildman–Crippen MR) is 135 cm³/mol. The maximum atomic E-state index is 12.3. The second kappa shape index (κ2) is 11.6. The average Bonchev–Trinajstić information content (AvgIpc) is 2.81. The molecular weight excluding hydrogens is 506 g/mol. The number of nitrogens with one attached hydrogen (secondary N) is 3. The zero-order chi connectivity index (χ0) is 23.8. The summed E-state index contributed by atoms with van der Waals surface area (Å²) in [5.41, 5.74) is 5.30. The standard InChI is InChI=1S/C24H24BrN3O4S/c1-15(2)13-31-18-10-7-17(8-11-18)23(30)26-24(33)28-27-21(29)14-32-20-12-9-16-5-3-4-6-19(16)22(20)25/h3-12,15H,13-14H2,1-2H3,(H,27,29)(H2,26,28,30,33). The second-order valence-electron chi connectivity index (χ2n) is 7.57. The van der Waals surface area contributed by atoms with Crippen molar-refractivity contribution in [1.82, 2.24) is 16.2 Å². The summed E-state index contributed by atoms with van der Waals surface area (Å²) in [5.74, 6) is 0.768. The van der Waals surface area contributed by atoms with E-state index in [-0.39, 0.29) is 11.7 Å². The van der Waals surface area contributed by atoms with E-state index in [2.05, 4.69) is 45.9 Å². The van der Waals surface area contributed by atoms with Crippen LogP contribution in [0.15, 0.2) is 65.1 Å². The fourth-order valence-corrected chi connectivity index (χ4v) is 3.55. The van der Waals surface area contributed by atoms with Gasteiger partial charge in [0.05, 0.1) is 11.1 Å². The van der Waals surface area contributed by atoms with Crippen molar-refractivity contribution in [3.8, 4) is 11.5 Å². The van der Waals surface area contributed by atoms with Gasteiger partial charge in [-0.15, -0.1) is 0 Å². The van der Waals surface area contributed by atoms with Gasteiger partial charge in [0.2, 0.25) is 0 Å². The van der Waals surface area contributed by atoms with Gasteiger partial charge in [0.1, 0.15) is 11.5 Å². The number of amides is 2. The third-order valence-electron chi connectivity index (χ3n) is 4.43.